The Hall–Kier alpha value is -3.85. The maximum Gasteiger partial charge on any atom is 0.338 e. The molecule has 0 fully saturated rings. The van der Waals surface area contributed by atoms with Crippen LogP contribution >= 0.6 is 11.6 Å². The lowest BCUT2D eigenvalue weighted by Gasteiger charge is -2.15. The van der Waals surface area contributed by atoms with Crippen LogP contribution in [0, 0.1) is 10.1 Å². The highest BCUT2D eigenvalue weighted by Gasteiger charge is 2.18. The number of nitro benzene ring substituents is 1. The monoisotopic (exact) mass is 444 g/mol. The molecule has 0 N–H and O–H groups in total. The van der Waals surface area contributed by atoms with Gasteiger partial charge in [0.2, 0.25) is 5.75 Å². The van der Waals surface area contributed by atoms with E-state index in [1.54, 1.807) is 19.2 Å². The highest BCUT2D eigenvalue weighted by Crippen LogP contribution is 2.33. The molecule has 0 unspecified atom stereocenters. The maximum absolute atomic E-state index is 12.2. The Morgan fingerprint density at radius 2 is 1.90 bits per heavy atom. The molecule has 3 rings (SSSR count). The minimum Gasteiger partial charge on any atom is -0.467 e. The highest BCUT2D eigenvalue weighted by atomic mass is 35.5. The predicted molar refractivity (Wildman–Crippen MR) is 110 cm³/mol. The number of nitrogens with zero attached hydrogens (tertiary/aromatic N) is 2. The van der Waals surface area contributed by atoms with E-state index in [1.165, 1.54) is 53.6 Å². The Morgan fingerprint density at radius 3 is 2.55 bits per heavy atom. The summed E-state index contributed by atoms with van der Waals surface area (Å²) in [4.78, 5) is 36.2. The van der Waals surface area contributed by atoms with Crippen LogP contribution < -0.4 is 4.74 Å². The predicted octanol–water partition coefficient (Wildman–Crippen LogP) is 4.45. The molecule has 1 aromatic heterocycles. The topological polar surface area (TPSA) is 112 Å². The van der Waals surface area contributed by atoms with Gasteiger partial charge in [-0.3, -0.25) is 14.9 Å². The third-order valence-electron chi connectivity index (χ3n) is 4.16. The Bertz CT molecular complexity index is 1080. The van der Waals surface area contributed by atoms with E-state index in [1.807, 2.05) is 0 Å². The Balaban J connectivity index is 1.57. The normalized spacial score (nSPS) is 10.4. The van der Waals surface area contributed by atoms with E-state index in [9.17, 15) is 19.7 Å². The summed E-state index contributed by atoms with van der Waals surface area (Å²) < 4.78 is 15.7. The van der Waals surface area contributed by atoms with Gasteiger partial charge >= 0.3 is 11.7 Å². The van der Waals surface area contributed by atoms with Crippen LogP contribution in [0.5, 0.6) is 11.5 Å². The first-order valence-corrected chi connectivity index (χ1v) is 9.36. The molecule has 0 aliphatic rings. The van der Waals surface area contributed by atoms with Gasteiger partial charge in [0.05, 0.1) is 23.3 Å². The fraction of sp³-hybridized carbons (Fsp3) is 0.143. The number of carbonyl (C=O) groups excluding carboxylic acids is 2. The SMILES string of the molecule is CN(Cc1ccco1)C(=O)COC(=O)c1ccc(Oc2ccc(Cl)cc2[N+](=O)[O-])cc1. The molecule has 0 saturated heterocycles. The molecule has 1 amide bonds. The van der Waals surface area contributed by atoms with E-state index in [0.717, 1.165) is 0 Å². The molecule has 9 nitrogen and oxygen atoms in total. The Morgan fingerprint density at radius 1 is 1.16 bits per heavy atom. The number of amides is 1. The smallest absolute Gasteiger partial charge is 0.338 e. The van der Waals surface area contributed by atoms with Crippen molar-refractivity contribution in [3.63, 3.8) is 0 Å². The van der Waals surface area contributed by atoms with Crippen LogP contribution in [0.1, 0.15) is 16.1 Å². The zero-order valence-electron chi connectivity index (χ0n) is 16.3. The van der Waals surface area contributed by atoms with Crippen molar-refractivity contribution >= 4 is 29.2 Å². The number of hydrogen-bond acceptors (Lipinski definition) is 7. The van der Waals surface area contributed by atoms with Crippen LogP contribution in [0.25, 0.3) is 0 Å². The number of carbonyl (C=O) groups is 2. The zero-order chi connectivity index (χ0) is 22.4. The quantitative estimate of drug-likeness (QED) is 0.286. The van der Waals surface area contributed by atoms with Crippen LogP contribution in [-0.4, -0.2) is 35.4 Å². The van der Waals surface area contributed by atoms with E-state index >= 15 is 0 Å². The molecule has 31 heavy (non-hydrogen) atoms. The fourth-order valence-corrected chi connectivity index (χ4v) is 2.72. The van der Waals surface area contributed by atoms with Gasteiger partial charge in [-0.2, -0.15) is 0 Å². The number of halogens is 1. The van der Waals surface area contributed by atoms with E-state index in [2.05, 4.69) is 0 Å². The van der Waals surface area contributed by atoms with Gasteiger partial charge in [0, 0.05) is 18.1 Å². The van der Waals surface area contributed by atoms with Crippen molar-refractivity contribution in [3.8, 4) is 11.5 Å². The van der Waals surface area contributed by atoms with E-state index < -0.39 is 17.5 Å². The van der Waals surface area contributed by atoms with E-state index in [0.29, 0.717) is 5.76 Å². The van der Waals surface area contributed by atoms with Crippen molar-refractivity contribution in [2.45, 2.75) is 6.54 Å². The lowest BCUT2D eigenvalue weighted by molar-refractivity contribution is -0.385. The minimum absolute atomic E-state index is 0.00918. The van der Waals surface area contributed by atoms with Crippen LogP contribution in [0.2, 0.25) is 5.02 Å². The van der Waals surface area contributed by atoms with Crippen LogP contribution in [0.3, 0.4) is 0 Å². The van der Waals surface area contributed by atoms with Gasteiger partial charge in [-0.15, -0.1) is 0 Å². The third-order valence-corrected chi connectivity index (χ3v) is 4.40. The lowest BCUT2D eigenvalue weighted by Crippen LogP contribution is -2.30. The molecule has 1 heterocycles. The molecular weight excluding hydrogens is 428 g/mol. The van der Waals surface area contributed by atoms with Crippen molar-refractivity contribution in [1.29, 1.82) is 0 Å². The number of benzene rings is 2. The van der Waals surface area contributed by atoms with E-state index in [-0.39, 0.29) is 40.2 Å². The van der Waals surface area contributed by atoms with Gasteiger partial charge in [-0.1, -0.05) is 11.6 Å². The second-order valence-corrected chi connectivity index (χ2v) is 6.84. The molecule has 2 aromatic carbocycles. The van der Waals surface area contributed by atoms with Gasteiger partial charge in [-0.05, 0) is 48.5 Å². The number of likely N-dealkylation sites (N-methyl/N-ethyl adjacent to an activating group) is 1. The van der Waals surface area contributed by atoms with Crippen molar-refractivity contribution in [1.82, 2.24) is 4.90 Å². The Labute approximate surface area is 181 Å². The van der Waals surface area contributed by atoms with Gasteiger partial charge in [-0.25, -0.2) is 4.79 Å². The van der Waals surface area contributed by atoms with Crippen LogP contribution in [0.4, 0.5) is 5.69 Å². The summed E-state index contributed by atoms with van der Waals surface area (Å²) in [6.45, 7) is -0.169. The molecule has 10 heteroatoms. The molecule has 0 radical (unpaired) electrons. The molecule has 0 spiro atoms. The summed E-state index contributed by atoms with van der Waals surface area (Å²) in [5, 5.41) is 11.4. The summed E-state index contributed by atoms with van der Waals surface area (Å²) >= 11 is 5.78. The second kappa shape index (κ2) is 9.77. The first-order valence-electron chi connectivity index (χ1n) is 8.99. The number of ether oxygens (including phenoxy) is 2. The molecule has 0 aliphatic carbocycles. The third kappa shape index (κ3) is 5.83. The van der Waals surface area contributed by atoms with Gasteiger partial charge < -0.3 is 18.8 Å². The Kier molecular flexibility index (Phi) is 6.88. The van der Waals surface area contributed by atoms with Crippen molar-refractivity contribution < 1.29 is 28.4 Å². The van der Waals surface area contributed by atoms with Crippen LogP contribution in [0.15, 0.2) is 65.3 Å². The summed E-state index contributed by atoms with van der Waals surface area (Å²) in [7, 11) is 1.57. The van der Waals surface area contributed by atoms with Gasteiger partial charge in [0.25, 0.3) is 5.91 Å². The molecule has 0 saturated carbocycles. The van der Waals surface area contributed by atoms with Gasteiger partial charge in [0.15, 0.2) is 6.61 Å². The fourth-order valence-electron chi connectivity index (χ4n) is 2.55. The molecule has 160 valence electrons. The van der Waals surface area contributed by atoms with E-state index in [4.69, 9.17) is 25.5 Å². The highest BCUT2D eigenvalue weighted by molar-refractivity contribution is 6.30. The summed E-state index contributed by atoms with van der Waals surface area (Å²) in [5.41, 5.74) is -0.0902. The number of rotatable bonds is 8. The van der Waals surface area contributed by atoms with Crippen molar-refractivity contribution in [2.24, 2.45) is 0 Å². The number of esters is 1. The average molecular weight is 445 g/mol. The summed E-state index contributed by atoms with van der Waals surface area (Å²) in [6.07, 6.45) is 1.51. The van der Waals surface area contributed by atoms with Crippen molar-refractivity contribution in [2.75, 3.05) is 13.7 Å². The minimum atomic E-state index is -0.691. The molecule has 0 bridgehead atoms. The van der Waals surface area contributed by atoms with Crippen LogP contribution in [-0.2, 0) is 16.1 Å². The first-order chi connectivity index (χ1) is 14.8. The largest absolute Gasteiger partial charge is 0.467 e. The maximum atomic E-state index is 12.2. The average Bonchev–Trinajstić information content (AvgIpc) is 3.26. The first kappa shape index (κ1) is 21.8. The van der Waals surface area contributed by atoms with Gasteiger partial charge in [0.1, 0.15) is 11.5 Å². The van der Waals surface area contributed by atoms with Crippen molar-refractivity contribution in [3.05, 3.63) is 87.3 Å². The summed E-state index contributed by atoms with van der Waals surface area (Å²) in [5.74, 6) is -0.187. The summed E-state index contributed by atoms with van der Waals surface area (Å²) in [6, 6.07) is 13.3. The molecule has 3 aromatic rings. The number of nitro groups is 1. The standard InChI is InChI=1S/C21H17ClN2O7/c1-23(12-17-3-2-10-29-17)20(25)13-30-21(26)14-4-7-16(8-5-14)31-19-9-6-15(22)11-18(19)24(27)28/h2-11H,12-13H2,1H3. The number of furan rings is 1. The second-order valence-electron chi connectivity index (χ2n) is 6.40. The lowest BCUT2D eigenvalue weighted by atomic mass is 10.2. The molecule has 0 atom stereocenters. The zero-order valence-corrected chi connectivity index (χ0v) is 17.1. The molecular formula is C21H17ClN2O7. The number of hydrogen-bond donors (Lipinski definition) is 0. The molecule has 0 aliphatic heterocycles.